The van der Waals surface area contributed by atoms with Crippen molar-refractivity contribution in [3.05, 3.63) is 62.7 Å². The molecule has 26 heavy (non-hydrogen) atoms. The topological polar surface area (TPSA) is 55.4 Å². The molecule has 0 aliphatic carbocycles. The number of hydroxylamine groups is 1. The SMILES string of the molecule is CSc1ccc(Cl)c(C(=O)ONC(=O)c2sc3cc(F)ccc3c2Cl)c1. The van der Waals surface area contributed by atoms with Gasteiger partial charge in [0.25, 0.3) is 5.91 Å². The van der Waals surface area contributed by atoms with E-state index in [9.17, 15) is 14.0 Å². The summed E-state index contributed by atoms with van der Waals surface area (Å²) in [6, 6.07) is 8.92. The summed E-state index contributed by atoms with van der Waals surface area (Å²) >= 11 is 14.6. The first-order chi connectivity index (χ1) is 12.4. The number of thioether (sulfide) groups is 1. The van der Waals surface area contributed by atoms with Crippen molar-refractivity contribution < 1.29 is 18.8 Å². The van der Waals surface area contributed by atoms with Gasteiger partial charge in [-0.2, -0.15) is 5.48 Å². The van der Waals surface area contributed by atoms with Gasteiger partial charge in [0.1, 0.15) is 10.7 Å². The summed E-state index contributed by atoms with van der Waals surface area (Å²) in [5.74, 6) is -1.94. The molecule has 0 saturated carbocycles. The minimum atomic E-state index is -0.803. The molecule has 0 unspecified atom stereocenters. The molecule has 1 heterocycles. The molecular weight excluding hydrogens is 420 g/mol. The molecule has 3 rings (SSSR count). The standard InChI is InChI=1S/C17H10Cl2FNO3S2/c1-25-9-3-5-12(18)11(7-9)17(23)24-21-16(22)15-14(19)10-4-2-8(20)6-13(10)26-15/h2-7H,1H3,(H,21,22). The summed E-state index contributed by atoms with van der Waals surface area (Å²) in [7, 11) is 0. The van der Waals surface area contributed by atoms with Gasteiger partial charge in [-0.3, -0.25) is 4.79 Å². The van der Waals surface area contributed by atoms with Gasteiger partial charge < -0.3 is 4.84 Å². The van der Waals surface area contributed by atoms with E-state index >= 15 is 0 Å². The number of hydrogen-bond donors (Lipinski definition) is 1. The Balaban J connectivity index is 1.77. The Kier molecular flexibility index (Phi) is 5.72. The van der Waals surface area contributed by atoms with Crippen molar-refractivity contribution in [2.45, 2.75) is 4.90 Å². The molecule has 1 N–H and O–H groups in total. The summed E-state index contributed by atoms with van der Waals surface area (Å²) in [5, 5.41) is 0.920. The minimum absolute atomic E-state index is 0.115. The molecule has 2 aromatic carbocycles. The molecule has 9 heteroatoms. The first kappa shape index (κ1) is 19.0. The number of hydrogen-bond acceptors (Lipinski definition) is 5. The van der Waals surface area contributed by atoms with Gasteiger partial charge in [0, 0.05) is 15.0 Å². The Bertz CT molecular complexity index is 1020. The Hall–Kier alpha value is -1.80. The average Bonchev–Trinajstić information content (AvgIpc) is 2.95. The van der Waals surface area contributed by atoms with Crippen molar-refractivity contribution in [1.82, 2.24) is 5.48 Å². The predicted molar refractivity (Wildman–Crippen MR) is 103 cm³/mol. The summed E-state index contributed by atoms with van der Waals surface area (Å²) in [6.45, 7) is 0. The summed E-state index contributed by atoms with van der Waals surface area (Å²) in [5.41, 5.74) is 2.18. The number of fused-ring (bicyclic) bond motifs is 1. The lowest BCUT2D eigenvalue weighted by Gasteiger charge is -2.07. The third-order valence-corrected chi connectivity index (χ3v) is 6.14. The van der Waals surface area contributed by atoms with Crippen LogP contribution in [0.25, 0.3) is 10.1 Å². The van der Waals surface area contributed by atoms with Gasteiger partial charge >= 0.3 is 5.97 Å². The third kappa shape index (κ3) is 3.81. The Morgan fingerprint density at radius 3 is 2.69 bits per heavy atom. The van der Waals surface area contributed by atoms with Crippen molar-refractivity contribution in [3.8, 4) is 0 Å². The molecule has 1 amide bonds. The Labute approximate surface area is 166 Å². The number of nitrogens with one attached hydrogen (secondary N) is 1. The number of rotatable bonds is 3. The molecule has 3 aromatic rings. The molecule has 4 nitrogen and oxygen atoms in total. The summed E-state index contributed by atoms with van der Waals surface area (Å²) in [6.07, 6.45) is 1.85. The lowest BCUT2D eigenvalue weighted by molar-refractivity contribution is 0.0232. The molecule has 0 bridgehead atoms. The van der Waals surface area contributed by atoms with Gasteiger partial charge in [0.15, 0.2) is 0 Å². The predicted octanol–water partition coefficient (Wildman–Crippen LogP) is 5.57. The fourth-order valence-electron chi connectivity index (χ4n) is 2.17. The van der Waals surface area contributed by atoms with Crippen molar-refractivity contribution in [2.75, 3.05) is 6.26 Å². The first-order valence-electron chi connectivity index (χ1n) is 7.13. The van der Waals surface area contributed by atoms with Crippen molar-refractivity contribution in [3.63, 3.8) is 0 Å². The van der Waals surface area contributed by atoms with Crippen LogP contribution in [0.15, 0.2) is 41.3 Å². The second-order valence-corrected chi connectivity index (χ2v) is 7.77. The molecule has 0 fully saturated rings. The van der Waals surface area contributed by atoms with E-state index in [1.54, 1.807) is 18.2 Å². The fourth-order valence-corrected chi connectivity index (χ4v) is 4.23. The monoisotopic (exact) mass is 429 g/mol. The van der Waals surface area contributed by atoms with E-state index < -0.39 is 17.7 Å². The van der Waals surface area contributed by atoms with Crippen LogP contribution in [0, 0.1) is 5.82 Å². The molecule has 1 aromatic heterocycles. The normalized spacial score (nSPS) is 10.8. The second-order valence-electron chi connectivity index (χ2n) is 5.05. The van der Waals surface area contributed by atoms with E-state index in [2.05, 4.69) is 5.48 Å². The number of halogens is 3. The van der Waals surface area contributed by atoms with Crippen molar-refractivity contribution >= 4 is 68.3 Å². The van der Waals surface area contributed by atoms with E-state index in [4.69, 9.17) is 28.0 Å². The van der Waals surface area contributed by atoms with Gasteiger partial charge in [-0.15, -0.1) is 23.1 Å². The molecule has 0 radical (unpaired) electrons. The Morgan fingerprint density at radius 1 is 1.19 bits per heavy atom. The van der Waals surface area contributed by atoms with Crippen LogP contribution in [0.3, 0.4) is 0 Å². The van der Waals surface area contributed by atoms with E-state index in [0.717, 1.165) is 16.2 Å². The fraction of sp³-hybridized carbons (Fsp3) is 0.0588. The van der Waals surface area contributed by atoms with Crippen molar-refractivity contribution in [2.24, 2.45) is 0 Å². The van der Waals surface area contributed by atoms with Gasteiger partial charge in [-0.05, 0) is 42.7 Å². The largest absolute Gasteiger partial charge is 0.364 e. The van der Waals surface area contributed by atoms with Gasteiger partial charge in [0.2, 0.25) is 0 Å². The van der Waals surface area contributed by atoms with E-state index in [1.807, 2.05) is 6.26 Å². The van der Waals surface area contributed by atoms with Crippen LogP contribution >= 0.6 is 46.3 Å². The van der Waals surface area contributed by atoms with Crippen LogP contribution in [0.2, 0.25) is 10.0 Å². The van der Waals surface area contributed by atoms with Gasteiger partial charge in [0.05, 0.1) is 15.6 Å². The zero-order valence-corrected chi connectivity index (χ0v) is 16.3. The zero-order chi connectivity index (χ0) is 18.8. The summed E-state index contributed by atoms with van der Waals surface area (Å²) in [4.78, 5) is 30.2. The quantitative estimate of drug-likeness (QED) is 0.436. The lowest BCUT2D eigenvalue weighted by atomic mass is 10.2. The highest BCUT2D eigenvalue weighted by Gasteiger charge is 2.20. The highest BCUT2D eigenvalue weighted by molar-refractivity contribution is 7.98. The summed E-state index contributed by atoms with van der Waals surface area (Å²) < 4.78 is 13.8. The van der Waals surface area contributed by atoms with E-state index in [-0.39, 0.29) is 20.5 Å². The molecule has 0 aliphatic heterocycles. The van der Waals surface area contributed by atoms with Crippen molar-refractivity contribution in [1.29, 1.82) is 0 Å². The molecule has 0 aliphatic rings. The Morgan fingerprint density at radius 2 is 1.96 bits per heavy atom. The van der Waals surface area contributed by atoms with Gasteiger partial charge in [-0.1, -0.05) is 23.2 Å². The van der Waals surface area contributed by atoms with Crippen LogP contribution < -0.4 is 5.48 Å². The highest BCUT2D eigenvalue weighted by atomic mass is 35.5. The first-order valence-corrected chi connectivity index (χ1v) is 9.93. The maximum absolute atomic E-state index is 13.3. The third-order valence-electron chi connectivity index (χ3n) is 3.43. The lowest BCUT2D eigenvalue weighted by Crippen LogP contribution is -2.26. The maximum atomic E-state index is 13.3. The average molecular weight is 430 g/mol. The molecule has 134 valence electrons. The van der Waals surface area contributed by atoms with Crippen LogP contribution in [0.4, 0.5) is 4.39 Å². The van der Waals surface area contributed by atoms with Crippen LogP contribution in [0.1, 0.15) is 20.0 Å². The second kappa shape index (κ2) is 7.84. The molecular formula is C17H10Cl2FNO3S2. The maximum Gasteiger partial charge on any atom is 0.364 e. The van der Waals surface area contributed by atoms with E-state index in [1.165, 1.54) is 30.0 Å². The number of carbonyl (C=O) groups excluding carboxylic acids is 2. The van der Waals surface area contributed by atoms with Gasteiger partial charge in [-0.25, -0.2) is 9.18 Å². The highest BCUT2D eigenvalue weighted by Crippen LogP contribution is 2.35. The van der Waals surface area contributed by atoms with Crippen LogP contribution in [0.5, 0.6) is 0 Å². The zero-order valence-electron chi connectivity index (χ0n) is 13.1. The molecule has 0 spiro atoms. The minimum Gasteiger partial charge on any atom is -0.335 e. The van der Waals surface area contributed by atoms with Crippen LogP contribution in [-0.2, 0) is 4.84 Å². The smallest absolute Gasteiger partial charge is 0.335 e. The number of carbonyl (C=O) groups is 2. The van der Waals surface area contributed by atoms with E-state index in [0.29, 0.717) is 10.1 Å². The number of thiophene rings is 1. The molecule has 0 saturated heterocycles. The number of amides is 1. The van der Waals surface area contributed by atoms with Crippen LogP contribution in [-0.4, -0.2) is 18.1 Å². The number of benzene rings is 2. The molecule has 0 atom stereocenters.